The first-order valence-electron chi connectivity index (χ1n) is 4.79. The molecule has 0 aliphatic carbocycles. The van der Waals surface area contributed by atoms with Gasteiger partial charge in [-0.3, -0.25) is 0 Å². The Bertz CT molecular complexity index is 103. The summed E-state index contributed by atoms with van der Waals surface area (Å²) in [5.74, 6) is 0. The Balaban J connectivity index is 3.45. The molecular formula is C9H22O2Si. The van der Waals surface area contributed by atoms with Gasteiger partial charge in [0.2, 0.25) is 0 Å². The molecule has 0 N–H and O–H groups in total. The first-order chi connectivity index (χ1) is 5.68. The van der Waals surface area contributed by atoms with E-state index in [0.717, 1.165) is 16.7 Å². The van der Waals surface area contributed by atoms with Crippen LogP contribution in [0.15, 0.2) is 0 Å². The third kappa shape index (κ3) is 4.90. The zero-order valence-electron chi connectivity index (χ0n) is 8.85. The number of hydrogen-bond acceptors (Lipinski definition) is 2. The molecule has 0 spiro atoms. The van der Waals surface area contributed by atoms with Crippen molar-refractivity contribution in [1.29, 1.82) is 0 Å². The highest BCUT2D eigenvalue weighted by molar-refractivity contribution is 6.13. The highest BCUT2D eigenvalue weighted by Crippen LogP contribution is 2.16. The van der Waals surface area contributed by atoms with Gasteiger partial charge in [-0.05, 0) is 12.8 Å². The zero-order valence-corrected chi connectivity index (χ0v) is 10.9. The molecule has 0 radical (unpaired) electrons. The van der Waals surface area contributed by atoms with Crippen LogP contribution in [-0.4, -0.2) is 29.9 Å². The van der Waals surface area contributed by atoms with Crippen molar-refractivity contribution in [2.24, 2.45) is 0 Å². The second kappa shape index (κ2) is 6.63. The topological polar surface area (TPSA) is 18.5 Å². The Morgan fingerprint density at radius 3 is 2.08 bits per heavy atom. The lowest BCUT2D eigenvalue weighted by Crippen LogP contribution is -2.33. The van der Waals surface area contributed by atoms with Gasteiger partial charge >= 0.3 is 0 Å². The number of ether oxygens (including phenoxy) is 2. The van der Waals surface area contributed by atoms with E-state index in [0.29, 0.717) is 0 Å². The van der Waals surface area contributed by atoms with Crippen LogP contribution in [0.5, 0.6) is 0 Å². The number of unbranched alkanes of at least 4 members (excludes halogenated alkanes) is 3. The summed E-state index contributed by atoms with van der Waals surface area (Å²) < 4.78 is 10.6. The van der Waals surface area contributed by atoms with Gasteiger partial charge in [-0.2, -0.15) is 0 Å². The molecule has 3 heteroatoms. The van der Waals surface area contributed by atoms with E-state index in [2.05, 4.69) is 6.92 Å². The Labute approximate surface area is 79.1 Å². The van der Waals surface area contributed by atoms with Gasteiger partial charge in [0.05, 0.1) is 10.2 Å². The van der Waals surface area contributed by atoms with Crippen LogP contribution in [-0.2, 0) is 9.47 Å². The second-order valence-electron chi connectivity index (χ2n) is 3.35. The summed E-state index contributed by atoms with van der Waals surface area (Å²) in [6.07, 6.45) is 6.18. The van der Waals surface area contributed by atoms with Crippen molar-refractivity contribution < 1.29 is 9.47 Å². The molecule has 0 aliphatic heterocycles. The second-order valence-corrected chi connectivity index (χ2v) is 4.88. The van der Waals surface area contributed by atoms with Crippen LogP contribution in [0.25, 0.3) is 0 Å². The maximum atomic E-state index is 5.31. The van der Waals surface area contributed by atoms with Crippen LogP contribution in [0.2, 0.25) is 0 Å². The summed E-state index contributed by atoms with van der Waals surface area (Å²) in [5.41, 5.74) is -0.228. The molecule has 12 heavy (non-hydrogen) atoms. The Hall–Kier alpha value is 0.137. The van der Waals surface area contributed by atoms with E-state index in [-0.39, 0.29) is 5.41 Å². The maximum Gasteiger partial charge on any atom is 0.140 e. The number of hydrogen-bond donors (Lipinski definition) is 0. The smallest absolute Gasteiger partial charge is 0.140 e. The Morgan fingerprint density at radius 1 is 1.08 bits per heavy atom. The highest BCUT2D eigenvalue weighted by Gasteiger charge is 2.20. The van der Waals surface area contributed by atoms with Crippen LogP contribution >= 0.6 is 0 Å². The highest BCUT2D eigenvalue weighted by atomic mass is 28.1. The lowest BCUT2D eigenvalue weighted by atomic mass is 10.1. The van der Waals surface area contributed by atoms with Crippen molar-refractivity contribution in [3.8, 4) is 0 Å². The molecule has 74 valence electrons. The molecule has 0 saturated carbocycles. The Kier molecular flexibility index (Phi) is 6.71. The van der Waals surface area contributed by atoms with Gasteiger partial charge in [-0.15, -0.1) is 0 Å². The fourth-order valence-electron chi connectivity index (χ4n) is 1.16. The lowest BCUT2D eigenvalue weighted by Gasteiger charge is -2.26. The summed E-state index contributed by atoms with van der Waals surface area (Å²) in [5, 5.41) is 0. The van der Waals surface area contributed by atoms with E-state index in [4.69, 9.17) is 9.47 Å². The van der Waals surface area contributed by atoms with Gasteiger partial charge in [-0.1, -0.05) is 26.2 Å². The molecule has 0 atom stereocenters. The molecular weight excluding hydrogens is 168 g/mol. The van der Waals surface area contributed by atoms with Gasteiger partial charge in [0, 0.05) is 14.2 Å². The molecule has 0 unspecified atom stereocenters. The number of rotatable bonds is 7. The van der Waals surface area contributed by atoms with Crippen LogP contribution in [0, 0.1) is 0 Å². The van der Waals surface area contributed by atoms with Crippen LogP contribution in [0.4, 0.5) is 0 Å². The standard InChI is InChI=1S/C9H22O2Si/c1-4-5-6-7-8-9(12,10-2)11-3/h4-8H2,1-3,12H3. The lowest BCUT2D eigenvalue weighted by molar-refractivity contribution is -0.146. The maximum absolute atomic E-state index is 5.31. The zero-order chi connectivity index (χ0) is 9.45. The van der Waals surface area contributed by atoms with Crippen molar-refractivity contribution in [2.75, 3.05) is 14.2 Å². The van der Waals surface area contributed by atoms with Crippen LogP contribution in [0.3, 0.4) is 0 Å². The molecule has 0 aromatic rings. The van der Waals surface area contributed by atoms with Gasteiger partial charge in [0.1, 0.15) is 5.41 Å². The minimum absolute atomic E-state index is 0.228. The van der Waals surface area contributed by atoms with Gasteiger partial charge in [0.25, 0.3) is 0 Å². The summed E-state index contributed by atoms with van der Waals surface area (Å²) in [4.78, 5) is 0. The molecule has 0 bridgehead atoms. The largest absolute Gasteiger partial charge is 0.358 e. The molecule has 0 aromatic carbocycles. The van der Waals surface area contributed by atoms with Crippen LogP contribution < -0.4 is 0 Å². The fraction of sp³-hybridized carbons (Fsp3) is 1.00. The molecule has 0 rings (SSSR count). The molecule has 2 nitrogen and oxygen atoms in total. The SMILES string of the molecule is CCCCCCC([SiH3])(OC)OC. The molecule has 0 fully saturated rings. The summed E-state index contributed by atoms with van der Waals surface area (Å²) >= 11 is 0. The van der Waals surface area contributed by atoms with Gasteiger partial charge in [0.15, 0.2) is 0 Å². The average Bonchev–Trinajstić information content (AvgIpc) is 2.12. The van der Waals surface area contributed by atoms with Gasteiger partial charge < -0.3 is 9.47 Å². The van der Waals surface area contributed by atoms with E-state index in [1.165, 1.54) is 25.7 Å². The molecule has 0 amide bonds. The predicted octanol–water partition coefficient (Wildman–Crippen LogP) is 1.27. The minimum atomic E-state index is -0.228. The third-order valence-corrected chi connectivity index (χ3v) is 3.66. The minimum Gasteiger partial charge on any atom is -0.358 e. The van der Waals surface area contributed by atoms with E-state index < -0.39 is 0 Å². The predicted molar refractivity (Wildman–Crippen MR) is 55.4 cm³/mol. The molecule has 0 aliphatic rings. The molecule has 0 aromatic heterocycles. The fourth-order valence-corrected chi connectivity index (χ4v) is 1.51. The summed E-state index contributed by atoms with van der Waals surface area (Å²) in [6.45, 7) is 2.22. The van der Waals surface area contributed by atoms with E-state index in [9.17, 15) is 0 Å². The first kappa shape index (κ1) is 12.1. The number of methoxy groups -OCH3 is 2. The van der Waals surface area contributed by atoms with Gasteiger partial charge in [-0.25, -0.2) is 0 Å². The quantitative estimate of drug-likeness (QED) is 0.342. The first-order valence-corrected chi connectivity index (χ1v) is 5.79. The van der Waals surface area contributed by atoms with E-state index in [1.54, 1.807) is 14.2 Å². The van der Waals surface area contributed by atoms with Crippen molar-refractivity contribution in [2.45, 2.75) is 44.4 Å². The third-order valence-electron chi connectivity index (χ3n) is 2.35. The van der Waals surface area contributed by atoms with Crippen LogP contribution in [0.1, 0.15) is 39.0 Å². The monoisotopic (exact) mass is 190 g/mol. The molecule has 0 heterocycles. The molecule has 0 saturated heterocycles. The van der Waals surface area contributed by atoms with E-state index >= 15 is 0 Å². The average molecular weight is 190 g/mol. The van der Waals surface area contributed by atoms with Crippen molar-refractivity contribution in [1.82, 2.24) is 0 Å². The van der Waals surface area contributed by atoms with Crippen molar-refractivity contribution in [3.63, 3.8) is 0 Å². The van der Waals surface area contributed by atoms with Crippen molar-refractivity contribution >= 4 is 10.2 Å². The van der Waals surface area contributed by atoms with Crippen molar-refractivity contribution in [3.05, 3.63) is 0 Å². The summed E-state index contributed by atoms with van der Waals surface area (Å²) in [7, 11) is 4.41. The normalized spacial score (nSPS) is 12.2. The Morgan fingerprint density at radius 2 is 1.67 bits per heavy atom. The van der Waals surface area contributed by atoms with E-state index in [1.807, 2.05) is 0 Å². The summed E-state index contributed by atoms with van der Waals surface area (Å²) in [6, 6.07) is 0.